The number of benzene rings is 2. The number of hydrogen-bond donors (Lipinski definition) is 2. The summed E-state index contributed by atoms with van der Waals surface area (Å²) >= 11 is 7.16. The molecule has 0 saturated carbocycles. The Hall–Kier alpha value is -2.90. The first-order chi connectivity index (χ1) is 13.8. The second-order valence-electron chi connectivity index (χ2n) is 6.43. The predicted octanol–water partition coefficient (Wildman–Crippen LogP) is 5.20. The Morgan fingerprint density at radius 3 is 2.48 bits per heavy atom. The van der Waals surface area contributed by atoms with Gasteiger partial charge in [0.05, 0.1) is 5.69 Å². The third-order valence-electron chi connectivity index (χ3n) is 4.02. The van der Waals surface area contributed by atoms with Gasteiger partial charge in [0.2, 0.25) is 5.91 Å². The van der Waals surface area contributed by atoms with Gasteiger partial charge in [0.25, 0.3) is 5.91 Å². The molecule has 2 aromatic carbocycles. The van der Waals surface area contributed by atoms with Crippen molar-refractivity contribution in [2.75, 3.05) is 10.6 Å². The normalized spacial score (nSPS) is 10.5. The molecule has 0 aliphatic carbocycles. The third-order valence-corrected chi connectivity index (χ3v) is 5.40. The Morgan fingerprint density at radius 1 is 1.10 bits per heavy atom. The smallest absolute Gasteiger partial charge is 0.267 e. The number of carbonyl (C=O) groups is 2. The minimum absolute atomic E-state index is 0.140. The van der Waals surface area contributed by atoms with Crippen molar-refractivity contribution in [1.82, 2.24) is 4.98 Å². The van der Waals surface area contributed by atoms with E-state index in [4.69, 9.17) is 16.3 Å². The zero-order valence-electron chi connectivity index (χ0n) is 16.2. The maximum atomic E-state index is 12.7. The average molecular weight is 430 g/mol. The third kappa shape index (κ3) is 5.56. The molecule has 0 radical (unpaired) electrons. The summed E-state index contributed by atoms with van der Waals surface area (Å²) in [5, 5.41) is 6.97. The number of rotatable bonds is 6. The monoisotopic (exact) mass is 429 g/mol. The molecule has 2 amide bonds. The van der Waals surface area contributed by atoms with E-state index >= 15 is 0 Å². The minimum Gasteiger partial charge on any atom is -0.486 e. The van der Waals surface area contributed by atoms with Gasteiger partial charge in [-0.3, -0.25) is 9.59 Å². The Labute approximate surface area is 177 Å². The van der Waals surface area contributed by atoms with E-state index in [2.05, 4.69) is 15.6 Å². The summed E-state index contributed by atoms with van der Waals surface area (Å²) in [6.45, 7) is 5.38. The molecule has 0 bridgehead atoms. The van der Waals surface area contributed by atoms with Crippen LogP contribution in [0.4, 0.5) is 11.4 Å². The van der Waals surface area contributed by atoms with Gasteiger partial charge in [0.1, 0.15) is 22.2 Å². The van der Waals surface area contributed by atoms with Crippen LogP contribution >= 0.6 is 22.9 Å². The van der Waals surface area contributed by atoms with Gasteiger partial charge in [-0.15, -0.1) is 11.3 Å². The first kappa shape index (κ1) is 20.8. The molecular weight excluding hydrogens is 410 g/mol. The van der Waals surface area contributed by atoms with Crippen molar-refractivity contribution in [3.63, 3.8) is 0 Å². The van der Waals surface area contributed by atoms with Crippen molar-refractivity contribution in [2.45, 2.75) is 27.4 Å². The fourth-order valence-electron chi connectivity index (χ4n) is 2.66. The molecule has 2 N–H and O–H groups in total. The Bertz CT molecular complexity index is 1050. The molecule has 3 aromatic rings. The van der Waals surface area contributed by atoms with E-state index in [1.165, 1.54) is 18.3 Å². The van der Waals surface area contributed by atoms with Crippen LogP contribution in [-0.2, 0) is 11.4 Å². The molecule has 0 spiro atoms. The summed E-state index contributed by atoms with van der Waals surface area (Å²) in [5.41, 5.74) is 2.87. The molecule has 3 rings (SSSR count). The molecule has 0 atom stereocenters. The van der Waals surface area contributed by atoms with Crippen LogP contribution in [-0.4, -0.2) is 16.8 Å². The highest BCUT2D eigenvalue weighted by Gasteiger charge is 2.16. The van der Waals surface area contributed by atoms with Gasteiger partial charge in [-0.2, -0.15) is 0 Å². The lowest BCUT2D eigenvalue weighted by molar-refractivity contribution is -0.114. The van der Waals surface area contributed by atoms with Gasteiger partial charge >= 0.3 is 0 Å². The molecule has 1 aromatic heterocycles. The van der Waals surface area contributed by atoms with Crippen molar-refractivity contribution in [2.24, 2.45) is 0 Å². The molecule has 1 heterocycles. The molecule has 6 nitrogen and oxygen atoms in total. The maximum Gasteiger partial charge on any atom is 0.267 e. The fraction of sp³-hybridized carbons (Fsp3) is 0.190. The van der Waals surface area contributed by atoms with Crippen LogP contribution in [0, 0.1) is 13.8 Å². The number of aromatic nitrogens is 1. The topological polar surface area (TPSA) is 80.3 Å². The average Bonchev–Trinajstić information content (AvgIpc) is 3.04. The van der Waals surface area contributed by atoms with Crippen LogP contribution in [0.1, 0.15) is 32.9 Å². The Kier molecular flexibility index (Phi) is 6.51. The van der Waals surface area contributed by atoms with Gasteiger partial charge in [-0.25, -0.2) is 4.98 Å². The molecular formula is C21H20ClN3O3S. The standard InChI is InChI=1S/C21H20ClN3O3S/c1-12-10-16(6-9-18(12)24-14(3)26)25-21(27)20-13(2)23-19(29-20)11-28-17-7-4-15(22)5-8-17/h4-10H,11H2,1-3H3,(H,24,26)(H,25,27). The van der Waals surface area contributed by atoms with Gasteiger partial charge in [0, 0.05) is 23.3 Å². The zero-order chi connectivity index (χ0) is 21.0. The number of nitrogens with one attached hydrogen (secondary N) is 2. The number of nitrogens with zero attached hydrogens (tertiary/aromatic N) is 1. The van der Waals surface area contributed by atoms with Crippen molar-refractivity contribution < 1.29 is 14.3 Å². The number of halogens is 1. The molecule has 0 fully saturated rings. The Morgan fingerprint density at radius 2 is 1.83 bits per heavy atom. The van der Waals surface area contributed by atoms with Crippen LogP contribution in [0.25, 0.3) is 0 Å². The number of thiazole rings is 1. The van der Waals surface area contributed by atoms with E-state index < -0.39 is 0 Å². The van der Waals surface area contributed by atoms with Crippen LogP contribution in [0.2, 0.25) is 5.02 Å². The summed E-state index contributed by atoms with van der Waals surface area (Å²) in [4.78, 5) is 28.8. The van der Waals surface area contributed by atoms with Gasteiger partial charge < -0.3 is 15.4 Å². The fourth-order valence-corrected chi connectivity index (χ4v) is 3.66. The highest BCUT2D eigenvalue weighted by atomic mass is 35.5. The number of ether oxygens (including phenoxy) is 1. The summed E-state index contributed by atoms with van der Waals surface area (Å²) in [5.74, 6) is 0.311. The lowest BCUT2D eigenvalue weighted by Gasteiger charge is -2.09. The van der Waals surface area contributed by atoms with Crippen molar-refractivity contribution in [1.29, 1.82) is 0 Å². The molecule has 150 valence electrons. The van der Waals surface area contributed by atoms with Crippen molar-refractivity contribution in [3.8, 4) is 5.75 Å². The Balaban J connectivity index is 1.66. The number of aryl methyl sites for hydroxylation is 2. The van der Waals surface area contributed by atoms with Gasteiger partial charge in [0.15, 0.2) is 0 Å². The first-order valence-electron chi connectivity index (χ1n) is 8.86. The van der Waals surface area contributed by atoms with Crippen LogP contribution < -0.4 is 15.4 Å². The largest absolute Gasteiger partial charge is 0.486 e. The van der Waals surface area contributed by atoms with E-state index in [1.54, 1.807) is 43.3 Å². The lowest BCUT2D eigenvalue weighted by atomic mass is 10.1. The number of carbonyl (C=O) groups excluding carboxylic acids is 2. The summed E-state index contributed by atoms with van der Waals surface area (Å²) < 4.78 is 5.70. The van der Waals surface area contributed by atoms with E-state index in [1.807, 2.05) is 13.0 Å². The van der Waals surface area contributed by atoms with Crippen LogP contribution in [0.3, 0.4) is 0 Å². The first-order valence-corrected chi connectivity index (χ1v) is 10.1. The molecule has 0 aliphatic rings. The summed E-state index contributed by atoms with van der Waals surface area (Å²) in [6, 6.07) is 12.4. The van der Waals surface area contributed by atoms with E-state index in [0.717, 1.165) is 5.56 Å². The highest BCUT2D eigenvalue weighted by Crippen LogP contribution is 2.24. The predicted molar refractivity (Wildman–Crippen MR) is 116 cm³/mol. The van der Waals surface area contributed by atoms with Crippen LogP contribution in [0.5, 0.6) is 5.75 Å². The SMILES string of the molecule is CC(=O)Nc1ccc(NC(=O)c2sc(COc3ccc(Cl)cc3)nc2C)cc1C. The number of anilines is 2. The second kappa shape index (κ2) is 9.07. The summed E-state index contributed by atoms with van der Waals surface area (Å²) in [6.07, 6.45) is 0. The molecule has 8 heteroatoms. The van der Waals surface area contributed by atoms with E-state index in [0.29, 0.717) is 37.7 Å². The number of amides is 2. The second-order valence-corrected chi connectivity index (χ2v) is 7.95. The zero-order valence-corrected chi connectivity index (χ0v) is 17.8. The molecule has 0 aliphatic heterocycles. The highest BCUT2D eigenvalue weighted by molar-refractivity contribution is 7.13. The quantitative estimate of drug-likeness (QED) is 0.564. The van der Waals surface area contributed by atoms with E-state index in [-0.39, 0.29) is 18.4 Å². The lowest BCUT2D eigenvalue weighted by Crippen LogP contribution is -2.12. The van der Waals surface area contributed by atoms with Crippen LogP contribution in [0.15, 0.2) is 42.5 Å². The maximum absolute atomic E-state index is 12.7. The minimum atomic E-state index is -0.232. The van der Waals surface area contributed by atoms with Crippen molar-refractivity contribution in [3.05, 3.63) is 68.6 Å². The summed E-state index contributed by atoms with van der Waals surface area (Å²) in [7, 11) is 0. The molecule has 29 heavy (non-hydrogen) atoms. The molecule has 0 saturated heterocycles. The van der Waals surface area contributed by atoms with Crippen molar-refractivity contribution >= 4 is 46.1 Å². The van der Waals surface area contributed by atoms with Gasteiger partial charge in [-0.05, 0) is 61.9 Å². The number of hydrogen-bond acceptors (Lipinski definition) is 5. The molecule has 0 unspecified atom stereocenters. The van der Waals surface area contributed by atoms with E-state index in [9.17, 15) is 9.59 Å². The van der Waals surface area contributed by atoms with Gasteiger partial charge in [-0.1, -0.05) is 11.6 Å².